The quantitative estimate of drug-likeness (QED) is 0.778. The number of rotatable bonds is 5. The topological polar surface area (TPSA) is 91.6 Å². The van der Waals surface area contributed by atoms with Gasteiger partial charge in [0.05, 0.1) is 6.26 Å². The van der Waals surface area contributed by atoms with Gasteiger partial charge < -0.3 is 20.2 Å². The Hall–Kier alpha value is -1.98. The van der Waals surface area contributed by atoms with Crippen LogP contribution < -0.4 is 10.6 Å². The third-order valence-electron chi connectivity index (χ3n) is 4.08. The van der Waals surface area contributed by atoms with Gasteiger partial charge in [0.2, 0.25) is 0 Å². The molecule has 1 atom stereocenters. The highest BCUT2D eigenvalue weighted by Crippen LogP contribution is 2.23. The molecule has 21 heavy (non-hydrogen) atoms. The molecule has 0 saturated heterocycles. The zero-order chi connectivity index (χ0) is 15.3. The van der Waals surface area contributed by atoms with E-state index in [0.29, 0.717) is 12.5 Å². The molecule has 116 valence electrons. The highest BCUT2D eigenvalue weighted by Gasteiger charge is 2.39. The van der Waals surface area contributed by atoms with E-state index in [4.69, 9.17) is 4.42 Å². The number of amides is 2. The van der Waals surface area contributed by atoms with Gasteiger partial charge in [-0.2, -0.15) is 0 Å². The van der Waals surface area contributed by atoms with Crippen LogP contribution in [0.25, 0.3) is 0 Å². The standard InChI is InChI=1S/C15H22N2O4/c1-15(13(18)19,12-8-5-9-21-12)17-14(20)16-10-11-6-3-2-4-7-11/h5,8-9,11H,2-4,6-7,10H2,1H3,(H,18,19)(H2,16,17,20). The summed E-state index contributed by atoms with van der Waals surface area (Å²) in [4.78, 5) is 23.4. The van der Waals surface area contributed by atoms with E-state index in [0.717, 1.165) is 12.8 Å². The van der Waals surface area contributed by atoms with Crippen LogP contribution in [0, 0.1) is 5.92 Å². The zero-order valence-electron chi connectivity index (χ0n) is 12.2. The zero-order valence-corrected chi connectivity index (χ0v) is 12.2. The van der Waals surface area contributed by atoms with Crippen molar-refractivity contribution >= 4 is 12.0 Å². The summed E-state index contributed by atoms with van der Waals surface area (Å²) in [6.45, 7) is 1.99. The lowest BCUT2D eigenvalue weighted by Gasteiger charge is -2.26. The largest absolute Gasteiger partial charge is 0.479 e. The molecule has 2 rings (SSSR count). The Morgan fingerprint density at radius 1 is 1.38 bits per heavy atom. The number of carboxylic acid groups (broad SMARTS) is 1. The average Bonchev–Trinajstić information content (AvgIpc) is 3.00. The fraction of sp³-hybridized carbons (Fsp3) is 0.600. The molecule has 0 bridgehead atoms. The highest BCUT2D eigenvalue weighted by molar-refractivity contribution is 5.86. The molecule has 6 nitrogen and oxygen atoms in total. The van der Waals surface area contributed by atoms with Crippen molar-refractivity contribution in [3.8, 4) is 0 Å². The monoisotopic (exact) mass is 294 g/mol. The van der Waals surface area contributed by atoms with E-state index >= 15 is 0 Å². The van der Waals surface area contributed by atoms with Crippen LogP contribution in [-0.2, 0) is 10.3 Å². The molecular weight excluding hydrogens is 272 g/mol. The Morgan fingerprint density at radius 2 is 2.10 bits per heavy atom. The third kappa shape index (κ3) is 3.77. The van der Waals surface area contributed by atoms with Gasteiger partial charge in [0.25, 0.3) is 0 Å². The molecule has 3 N–H and O–H groups in total. The number of nitrogens with one attached hydrogen (secondary N) is 2. The number of urea groups is 1. The van der Waals surface area contributed by atoms with Gasteiger partial charge in [-0.05, 0) is 37.8 Å². The summed E-state index contributed by atoms with van der Waals surface area (Å²) >= 11 is 0. The van der Waals surface area contributed by atoms with Crippen LogP contribution >= 0.6 is 0 Å². The molecule has 0 aromatic carbocycles. The van der Waals surface area contributed by atoms with E-state index in [9.17, 15) is 14.7 Å². The second-order valence-corrected chi connectivity index (χ2v) is 5.75. The number of hydrogen-bond acceptors (Lipinski definition) is 3. The van der Waals surface area contributed by atoms with Crippen molar-refractivity contribution in [1.82, 2.24) is 10.6 Å². The van der Waals surface area contributed by atoms with Crippen molar-refractivity contribution in [3.63, 3.8) is 0 Å². The van der Waals surface area contributed by atoms with E-state index in [1.807, 2.05) is 0 Å². The van der Waals surface area contributed by atoms with Crippen LogP contribution in [0.15, 0.2) is 22.8 Å². The second-order valence-electron chi connectivity index (χ2n) is 5.75. The van der Waals surface area contributed by atoms with Crippen LogP contribution in [-0.4, -0.2) is 23.7 Å². The molecule has 6 heteroatoms. The Kier molecular flexibility index (Phi) is 4.88. The number of carboxylic acids is 1. The van der Waals surface area contributed by atoms with Crippen molar-refractivity contribution in [2.75, 3.05) is 6.54 Å². The number of furan rings is 1. The third-order valence-corrected chi connectivity index (χ3v) is 4.08. The molecule has 0 aliphatic heterocycles. The Morgan fingerprint density at radius 3 is 2.67 bits per heavy atom. The van der Waals surface area contributed by atoms with Gasteiger partial charge in [-0.3, -0.25) is 0 Å². The first-order valence-corrected chi connectivity index (χ1v) is 7.36. The molecule has 1 aliphatic carbocycles. The summed E-state index contributed by atoms with van der Waals surface area (Å²) in [5.41, 5.74) is -1.57. The number of aliphatic carboxylic acids is 1. The van der Waals surface area contributed by atoms with Gasteiger partial charge in [-0.15, -0.1) is 0 Å². The van der Waals surface area contributed by atoms with E-state index < -0.39 is 17.5 Å². The fourth-order valence-electron chi connectivity index (χ4n) is 2.68. The van der Waals surface area contributed by atoms with Gasteiger partial charge in [-0.1, -0.05) is 19.3 Å². The smallest absolute Gasteiger partial charge is 0.337 e. The lowest BCUT2D eigenvalue weighted by atomic mass is 9.89. The van der Waals surface area contributed by atoms with E-state index in [-0.39, 0.29) is 5.76 Å². The second kappa shape index (κ2) is 6.65. The Bertz CT molecular complexity index is 480. The van der Waals surface area contributed by atoms with Gasteiger partial charge in [0.15, 0.2) is 5.54 Å². The van der Waals surface area contributed by atoms with E-state index in [1.54, 1.807) is 6.07 Å². The first-order valence-electron chi connectivity index (χ1n) is 7.36. The van der Waals surface area contributed by atoms with Crippen LogP contribution in [0.5, 0.6) is 0 Å². The minimum absolute atomic E-state index is 0.197. The minimum atomic E-state index is -1.57. The average molecular weight is 294 g/mol. The van der Waals surface area contributed by atoms with E-state index in [1.165, 1.54) is 38.5 Å². The van der Waals surface area contributed by atoms with Gasteiger partial charge in [0.1, 0.15) is 5.76 Å². The van der Waals surface area contributed by atoms with Crippen molar-refractivity contribution < 1.29 is 19.1 Å². The van der Waals surface area contributed by atoms with E-state index in [2.05, 4.69) is 10.6 Å². The molecule has 1 fully saturated rings. The van der Waals surface area contributed by atoms with Gasteiger partial charge in [-0.25, -0.2) is 9.59 Å². The Balaban J connectivity index is 1.91. The predicted octanol–water partition coefficient (Wildman–Crippen LogP) is 2.46. The number of hydrogen-bond donors (Lipinski definition) is 3. The van der Waals surface area contributed by atoms with Gasteiger partial charge >= 0.3 is 12.0 Å². The molecule has 2 amide bonds. The molecule has 1 unspecified atom stereocenters. The predicted molar refractivity (Wildman–Crippen MR) is 76.8 cm³/mol. The minimum Gasteiger partial charge on any atom is -0.479 e. The summed E-state index contributed by atoms with van der Waals surface area (Å²) < 4.78 is 5.13. The molecular formula is C15H22N2O4. The van der Waals surface area contributed by atoms with Crippen LogP contribution in [0.4, 0.5) is 4.79 Å². The molecule has 1 aromatic heterocycles. The summed E-state index contributed by atoms with van der Waals surface area (Å²) in [6.07, 6.45) is 7.29. The number of carbonyl (C=O) groups excluding carboxylic acids is 1. The molecule has 1 saturated carbocycles. The highest BCUT2D eigenvalue weighted by atomic mass is 16.4. The first kappa shape index (κ1) is 15.4. The lowest BCUT2D eigenvalue weighted by molar-refractivity contribution is -0.144. The van der Waals surface area contributed by atoms with Crippen molar-refractivity contribution in [2.45, 2.75) is 44.6 Å². The molecule has 1 aromatic rings. The Labute approximate surface area is 123 Å². The summed E-state index contributed by atoms with van der Waals surface area (Å²) in [5.74, 6) is -0.475. The SMILES string of the molecule is CC(NC(=O)NCC1CCCCC1)(C(=O)O)c1ccco1. The maximum atomic E-state index is 12.0. The number of carbonyl (C=O) groups is 2. The summed E-state index contributed by atoms with van der Waals surface area (Å²) in [7, 11) is 0. The molecule has 0 radical (unpaired) electrons. The molecule has 0 spiro atoms. The maximum absolute atomic E-state index is 12.0. The molecule has 1 heterocycles. The van der Waals surface area contributed by atoms with Crippen molar-refractivity contribution in [3.05, 3.63) is 24.2 Å². The van der Waals surface area contributed by atoms with Crippen LogP contribution in [0.2, 0.25) is 0 Å². The summed E-state index contributed by atoms with van der Waals surface area (Å²) in [5, 5.41) is 14.6. The molecule has 1 aliphatic rings. The summed E-state index contributed by atoms with van der Waals surface area (Å²) in [6, 6.07) is 2.65. The normalized spacial score (nSPS) is 18.7. The van der Waals surface area contributed by atoms with Gasteiger partial charge in [0, 0.05) is 6.54 Å². The maximum Gasteiger partial charge on any atom is 0.337 e. The van der Waals surface area contributed by atoms with Crippen LogP contribution in [0.1, 0.15) is 44.8 Å². The fourth-order valence-corrected chi connectivity index (χ4v) is 2.68. The lowest BCUT2D eigenvalue weighted by Crippen LogP contribution is -2.53. The first-order chi connectivity index (χ1) is 10.0. The van der Waals surface area contributed by atoms with Crippen molar-refractivity contribution in [1.29, 1.82) is 0 Å². The van der Waals surface area contributed by atoms with Crippen LogP contribution in [0.3, 0.4) is 0 Å². The van der Waals surface area contributed by atoms with Crippen molar-refractivity contribution in [2.24, 2.45) is 5.92 Å².